The molecule has 0 radical (unpaired) electrons. The summed E-state index contributed by atoms with van der Waals surface area (Å²) in [5.74, 6) is -0.486. The molecular weight excluding hydrogens is 347 g/mol. The van der Waals surface area contributed by atoms with Crippen molar-refractivity contribution in [2.75, 3.05) is 25.0 Å². The van der Waals surface area contributed by atoms with Gasteiger partial charge in [-0.1, -0.05) is 6.07 Å². The van der Waals surface area contributed by atoms with E-state index in [1.165, 1.54) is 12.1 Å². The highest BCUT2D eigenvalue weighted by Crippen LogP contribution is 2.30. The van der Waals surface area contributed by atoms with Crippen LogP contribution in [-0.4, -0.2) is 36.0 Å². The smallest absolute Gasteiger partial charge is 0.269 e. The molecule has 1 aliphatic heterocycles. The van der Waals surface area contributed by atoms with Crippen LogP contribution in [0, 0.1) is 5.82 Å². The molecule has 1 aliphatic rings. The summed E-state index contributed by atoms with van der Waals surface area (Å²) in [5.41, 5.74) is 1.88. The number of rotatable bonds is 3. The van der Waals surface area contributed by atoms with Crippen molar-refractivity contribution >= 4 is 22.4 Å². The molecule has 1 fully saturated rings. The Hall–Kier alpha value is -3.22. The number of hydrogen-bond acceptors (Lipinski definition) is 4. The fourth-order valence-electron chi connectivity index (χ4n) is 3.59. The van der Waals surface area contributed by atoms with Crippen molar-refractivity contribution in [3.8, 4) is 0 Å². The lowest BCUT2D eigenvalue weighted by molar-refractivity contribution is 0.0958. The van der Waals surface area contributed by atoms with Gasteiger partial charge in [0.15, 0.2) is 0 Å². The second-order valence-electron chi connectivity index (χ2n) is 6.70. The first-order valence-corrected chi connectivity index (χ1v) is 8.81. The summed E-state index contributed by atoms with van der Waals surface area (Å²) in [7, 11) is 1.57. The van der Waals surface area contributed by atoms with Crippen LogP contribution in [-0.2, 0) is 0 Å². The van der Waals surface area contributed by atoms with E-state index >= 15 is 0 Å². The first kappa shape index (κ1) is 17.2. The molecule has 1 amide bonds. The number of halogens is 1. The quantitative estimate of drug-likeness (QED) is 0.746. The molecule has 7 heteroatoms. The Morgan fingerprint density at radius 1 is 1.30 bits per heavy atom. The first-order valence-electron chi connectivity index (χ1n) is 8.81. The van der Waals surface area contributed by atoms with Crippen LogP contribution in [0.25, 0.3) is 10.8 Å². The predicted molar refractivity (Wildman–Crippen MR) is 102 cm³/mol. The van der Waals surface area contributed by atoms with Gasteiger partial charge in [0.25, 0.3) is 11.5 Å². The lowest BCUT2D eigenvalue weighted by Gasteiger charge is -2.19. The van der Waals surface area contributed by atoms with Gasteiger partial charge in [0.2, 0.25) is 0 Å². The van der Waals surface area contributed by atoms with Gasteiger partial charge < -0.3 is 15.2 Å². The van der Waals surface area contributed by atoms with Crippen LogP contribution in [0.3, 0.4) is 0 Å². The largest absolute Gasteiger partial charge is 0.371 e. The summed E-state index contributed by atoms with van der Waals surface area (Å²) < 4.78 is 13.4. The van der Waals surface area contributed by atoms with Crippen LogP contribution in [0.1, 0.15) is 28.5 Å². The highest BCUT2D eigenvalue weighted by atomic mass is 19.1. The average Bonchev–Trinajstić information content (AvgIpc) is 3.18. The molecule has 3 aromatic rings. The number of hydrogen-bond donors (Lipinski definition) is 2. The Bertz CT molecular complexity index is 1080. The second kappa shape index (κ2) is 6.83. The van der Waals surface area contributed by atoms with E-state index in [1.54, 1.807) is 25.4 Å². The number of benzene rings is 1. The van der Waals surface area contributed by atoms with E-state index in [-0.39, 0.29) is 17.4 Å². The highest BCUT2D eigenvalue weighted by molar-refractivity contribution is 5.92. The minimum atomic E-state index is -0.419. The standard InChI is InChI=1S/C20H19FN4O2/c1-22-20(27)18-10-15(4-6-23-18)25-7-5-13(11-25)17-8-12-2-3-14(21)9-16(12)19(26)24-17/h2-4,6,8-10,13H,5,7,11H2,1H3,(H,22,27)(H,24,26). The van der Waals surface area contributed by atoms with Crippen molar-refractivity contribution in [1.29, 1.82) is 0 Å². The molecular formula is C20H19FN4O2. The Morgan fingerprint density at radius 3 is 2.96 bits per heavy atom. The fourth-order valence-corrected chi connectivity index (χ4v) is 3.59. The number of anilines is 1. The molecule has 4 rings (SSSR count). The highest BCUT2D eigenvalue weighted by Gasteiger charge is 2.26. The van der Waals surface area contributed by atoms with Crippen LogP contribution < -0.4 is 15.8 Å². The van der Waals surface area contributed by atoms with Gasteiger partial charge in [0.05, 0.1) is 0 Å². The summed E-state index contributed by atoms with van der Waals surface area (Å²) in [6.07, 6.45) is 2.50. The van der Waals surface area contributed by atoms with Crippen molar-refractivity contribution in [3.63, 3.8) is 0 Å². The maximum atomic E-state index is 13.4. The van der Waals surface area contributed by atoms with Gasteiger partial charge in [-0.05, 0) is 42.1 Å². The summed E-state index contributed by atoms with van der Waals surface area (Å²) in [6.45, 7) is 1.53. The van der Waals surface area contributed by atoms with Gasteiger partial charge in [0, 0.05) is 49.0 Å². The predicted octanol–water partition coefficient (Wildman–Crippen LogP) is 2.42. The van der Waals surface area contributed by atoms with Gasteiger partial charge in [-0.15, -0.1) is 0 Å². The summed E-state index contributed by atoms with van der Waals surface area (Å²) in [5, 5.41) is 3.67. The third-order valence-corrected chi connectivity index (χ3v) is 5.03. The van der Waals surface area contributed by atoms with Crippen LogP contribution >= 0.6 is 0 Å². The SMILES string of the molecule is CNC(=O)c1cc(N2CCC(c3cc4ccc(F)cc4c(=O)[nH]3)C2)ccn1. The van der Waals surface area contributed by atoms with Crippen LogP contribution in [0.5, 0.6) is 0 Å². The van der Waals surface area contributed by atoms with Gasteiger partial charge in [-0.3, -0.25) is 14.6 Å². The summed E-state index contributed by atoms with van der Waals surface area (Å²) >= 11 is 0. The molecule has 1 atom stereocenters. The zero-order valence-corrected chi connectivity index (χ0v) is 14.8. The molecule has 2 N–H and O–H groups in total. The molecule has 27 heavy (non-hydrogen) atoms. The molecule has 0 saturated carbocycles. The van der Waals surface area contributed by atoms with Crippen molar-refractivity contribution in [3.05, 3.63) is 70.2 Å². The molecule has 2 aromatic heterocycles. The Balaban J connectivity index is 1.60. The number of aromatic amines is 1. The van der Waals surface area contributed by atoms with Crippen LogP contribution in [0.2, 0.25) is 0 Å². The molecule has 3 heterocycles. The van der Waals surface area contributed by atoms with Gasteiger partial charge in [-0.25, -0.2) is 4.39 Å². The average molecular weight is 366 g/mol. The molecule has 6 nitrogen and oxygen atoms in total. The van der Waals surface area contributed by atoms with E-state index in [4.69, 9.17) is 0 Å². The number of aromatic nitrogens is 2. The van der Waals surface area contributed by atoms with Gasteiger partial charge in [0.1, 0.15) is 11.5 Å². The lowest BCUT2D eigenvalue weighted by Crippen LogP contribution is -2.23. The zero-order valence-electron chi connectivity index (χ0n) is 14.8. The first-order chi connectivity index (χ1) is 13.0. The van der Waals surface area contributed by atoms with Crippen molar-refractivity contribution in [1.82, 2.24) is 15.3 Å². The summed E-state index contributed by atoms with van der Waals surface area (Å²) in [4.78, 5) is 33.3. The van der Waals surface area contributed by atoms with Crippen molar-refractivity contribution < 1.29 is 9.18 Å². The topological polar surface area (TPSA) is 78.1 Å². The second-order valence-corrected chi connectivity index (χ2v) is 6.70. The normalized spacial score (nSPS) is 16.7. The minimum absolute atomic E-state index is 0.156. The van der Waals surface area contributed by atoms with E-state index in [9.17, 15) is 14.0 Å². The Kier molecular flexibility index (Phi) is 4.35. The number of carbonyl (C=O) groups excluding carboxylic acids is 1. The number of fused-ring (bicyclic) bond motifs is 1. The maximum Gasteiger partial charge on any atom is 0.269 e. The number of nitrogens with one attached hydrogen (secondary N) is 2. The van der Waals surface area contributed by atoms with Crippen LogP contribution in [0.4, 0.5) is 10.1 Å². The molecule has 1 aromatic carbocycles. The lowest BCUT2D eigenvalue weighted by atomic mass is 10.0. The molecule has 0 spiro atoms. The van der Waals surface area contributed by atoms with Gasteiger partial charge in [-0.2, -0.15) is 0 Å². The zero-order chi connectivity index (χ0) is 19.0. The number of carbonyl (C=O) groups is 1. The van der Waals surface area contributed by atoms with Crippen LogP contribution in [0.15, 0.2) is 47.4 Å². The molecule has 1 unspecified atom stereocenters. The Labute approximate surface area is 155 Å². The Morgan fingerprint density at radius 2 is 2.15 bits per heavy atom. The number of H-pyrrole nitrogens is 1. The van der Waals surface area contributed by atoms with E-state index < -0.39 is 5.82 Å². The molecule has 0 aliphatic carbocycles. The van der Waals surface area contributed by atoms with Gasteiger partial charge >= 0.3 is 0 Å². The third-order valence-electron chi connectivity index (χ3n) is 5.03. The van der Waals surface area contributed by atoms with E-state index in [0.29, 0.717) is 11.1 Å². The molecule has 138 valence electrons. The fraction of sp³-hybridized carbons (Fsp3) is 0.250. The molecule has 1 saturated heterocycles. The van der Waals surface area contributed by atoms with E-state index in [2.05, 4.69) is 20.2 Å². The third kappa shape index (κ3) is 3.28. The van der Waals surface area contributed by atoms with Crippen molar-refractivity contribution in [2.45, 2.75) is 12.3 Å². The summed E-state index contributed by atoms with van der Waals surface area (Å²) in [6, 6.07) is 9.83. The van der Waals surface area contributed by atoms with E-state index in [1.807, 2.05) is 12.1 Å². The van der Waals surface area contributed by atoms with E-state index in [0.717, 1.165) is 36.3 Å². The maximum absolute atomic E-state index is 13.4. The van der Waals surface area contributed by atoms with Crippen molar-refractivity contribution in [2.24, 2.45) is 0 Å². The molecule has 0 bridgehead atoms. The number of pyridine rings is 2. The number of nitrogens with zero attached hydrogens (tertiary/aromatic N) is 2. The number of amides is 1. The minimum Gasteiger partial charge on any atom is -0.371 e. The monoisotopic (exact) mass is 366 g/mol.